The highest BCUT2D eigenvalue weighted by atomic mass is 16.2. The zero-order valence-electron chi connectivity index (χ0n) is 19.8. The van der Waals surface area contributed by atoms with Crippen molar-refractivity contribution < 1.29 is 9.59 Å². The fraction of sp³-hybridized carbons (Fsp3) is 0.478. The topological polar surface area (TPSA) is 123 Å². The Morgan fingerprint density at radius 2 is 1.70 bits per heavy atom. The number of nitrogens with one attached hydrogen (secondary N) is 1. The van der Waals surface area contributed by atoms with Crippen LogP contribution < -0.4 is 22.3 Å². The molecule has 1 aliphatic heterocycles. The highest BCUT2D eigenvalue weighted by Gasteiger charge is 2.30. The average Bonchev–Trinajstić information content (AvgIpc) is 2.79. The third-order valence-corrected chi connectivity index (χ3v) is 6.54. The Hall–Kier alpha value is -3.24. The van der Waals surface area contributed by atoms with E-state index in [0.29, 0.717) is 26.2 Å². The van der Waals surface area contributed by atoms with Crippen molar-refractivity contribution in [1.29, 1.82) is 0 Å². The van der Waals surface area contributed by atoms with Crippen molar-refractivity contribution in [2.24, 2.45) is 14.1 Å². The molecule has 1 aromatic heterocycles. The Labute approximate surface area is 192 Å². The van der Waals surface area contributed by atoms with Crippen molar-refractivity contribution in [3.8, 4) is 0 Å². The number of nitrogens with zero attached hydrogens (tertiary/aromatic N) is 4. The summed E-state index contributed by atoms with van der Waals surface area (Å²) in [6.07, 6.45) is 0. The van der Waals surface area contributed by atoms with E-state index in [2.05, 4.69) is 5.32 Å². The SMILES string of the molecule is Cc1cccc(NC(=O)CN2CCN(C(C)C(=O)c3c(N)n(C)c(=O)n(C)c3=O)CC2)c1C. The number of aromatic nitrogens is 2. The van der Waals surface area contributed by atoms with Gasteiger partial charge in [-0.25, -0.2) is 4.79 Å². The average molecular weight is 457 g/mol. The molecule has 1 fully saturated rings. The highest BCUT2D eigenvalue weighted by molar-refractivity contribution is 6.03. The molecule has 0 spiro atoms. The van der Waals surface area contributed by atoms with Crippen LogP contribution in [-0.2, 0) is 18.9 Å². The number of anilines is 2. The van der Waals surface area contributed by atoms with Crippen molar-refractivity contribution >= 4 is 23.2 Å². The van der Waals surface area contributed by atoms with E-state index in [1.165, 1.54) is 14.1 Å². The van der Waals surface area contributed by atoms with Crippen LogP contribution in [0.1, 0.15) is 28.4 Å². The van der Waals surface area contributed by atoms with E-state index in [0.717, 1.165) is 25.9 Å². The van der Waals surface area contributed by atoms with Crippen LogP contribution in [0.3, 0.4) is 0 Å². The number of rotatable bonds is 6. The van der Waals surface area contributed by atoms with Gasteiger partial charge in [-0.05, 0) is 38.0 Å². The molecule has 2 aromatic rings. The number of hydrogen-bond acceptors (Lipinski definition) is 7. The van der Waals surface area contributed by atoms with Crippen LogP contribution in [0.2, 0.25) is 0 Å². The fourth-order valence-electron chi connectivity index (χ4n) is 4.05. The molecule has 1 atom stereocenters. The van der Waals surface area contributed by atoms with Crippen molar-refractivity contribution in [3.63, 3.8) is 0 Å². The van der Waals surface area contributed by atoms with Gasteiger partial charge >= 0.3 is 5.69 Å². The van der Waals surface area contributed by atoms with Crippen LogP contribution in [0, 0.1) is 13.8 Å². The minimum Gasteiger partial charge on any atom is -0.384 e. The van der Waals surface area contributed by atoms with Crippen LogP contribution in [0.5, 0.6) is 0 Å². The van der Waals surface area contributed by atoms with E-state index < -0.39 is 23.1 Å². The van der Waals surface area contributed by atoms with Gasteiger partial charge in [-0.2, -0.15) is 0 Å². The van der Waals surface area contributed by atoms with E-state index in [-0.39, 0.29) is 23.8 Å². The van der Waals surface area contributed by atoms with E-state index in [4.69, 9.17) is 5.73 Å². The molecule has 1 saturated heterocycles. The Morgan fingerprint density at radius 3 is 2.33 bits per heavy atom. The lowest BCUT2D eigenvalue weighted by molar-refractivity contribution is -0.117. The van der Waals surface area contributed by atoms with Gasteiger partial charge in [0.05, 0.1) is 12.6 Å². The highest BCUT2D eigenvalue weighted by Crippen LogP contribution is 2.18. The molecule has 1 aromatic carbocycles. The van der Waals surface area contributed by atoms with Crippen LogP contribution in [0.25, 0.3) is 0 Å². The maximum Gasteiger partial charge on any atom is 0.332 e. The molecule has 1 amide bonds. The Morgan fingerprint density at radius 1 is 1.06 bits per heavy atom. The number of nitrogens with two attached hydrogens (primary N) is 1. The fourth-order valence-corrected chi connectivity index (χ4v) is 4.05. The summed E-state index contributed by atoms with van der Waals surface area (Å²) in [5.41, 5.74) is 7.50. The number of amides is 1. The molecule has 178 valence electrons. The molecule has 33 heavy (non-hydrogen) atoms. The van der Waals surface area contributed by atoms with Crippen LogP contribution in [0.15, 0.2) is 27.8 Å². The Bertz CT molecular complexity index is 1190. The summed E-state index contributed by atoms with van der Waals surface area (Å²) in [5, 5.41) is 2.97. The lowest BCUT2D eigenvalue weighted by Crippen LogP contribution is -2.54. The minimum absolute atomic E-state index is 0.0808. The summed E-state index contributed by atoms with van der Waals surface area (Å²) < 4.78 is 2.00. The van der Waals surface area contributed by atoms with Crippen LogP contribution >= 0.6 is 0 Å². The van der Waals surface area contributed by atoms with Gasteiger partial charge in [-0.3, -0.25) is 33.3 Å². The number of carbonyl (C=O) groups is 2. The minimum atomic E-state index is -0.686. The van der Waals surface area contributed by atoms with Crippen molar-refractivity contribution in [2.45, 2.75) is 26.8 Å². The summed E-state index contributed by atoms with van der Waals surface area (Å²) in [4.78, 5) is 54.2. The van der Waals surface area contributed by atoms with Gasteiger partial charge in [-0.1, -0.05) is 12.1 Å². The van der Waals surface area contributed by atoms with Crippen molar-refractivity contribution in [2.75, 3.05) is 43.8 Å². The number of benzene rings is 1. The zero-order chi connectivity index (χ0) is 24.4. The first-order valence-electron chi connectivity index (χ1n) is 10.9. The molecule has 10 nitrogen and oxygen atoms in total. The standard InChI is InChI=1S/C23H32N6O4/c1-14-7-6-8-17(15(14)2)25-18(30)13-28-9-11-29(12-10-28)16(3)20(31)19-21(24)26(4)23(33)27(5)22(19)32/h6-8,16H,9-13,24H2,1-5H3,(H,25,30). The maximum atomic E-state index is 13.1. The van der Waals surface area contributed by atoms with Gasteiger partial charge in [-0.15, -0.1) is 0 Å². The molecule has 0 saturated carbocycles. The second kappa shape index (κ2) is 9.72. The smallest absolute Gasteiger partial charge is 0.332 e. The first kappa shape index (κ1) is 24.4. The zero-order valence-corrected chi connectivity index (χ0v) is 19.8. The normalized spacial score (nSPS) is 15.9. The molecule has 3 rings (SSSR count). The number of aryl methyl sites for hydroxylation is 1. The number of Topliss-reactive ketones (excluding diaryl/α,β-unsaturated/α-hetero) is 1. The largest absolute Gasteiger partial charge is 0.384 e. The third kappa shape index (κ3) is 4.91. The molecule has 10 heteroatoms. The van der Waals surface area contributed by atoms with E-state index >= 15 is 0 Å². The summed E-state index contributed by atoms with van der Waals surface area (Å²) >= 11 is 0. The first-order chi connectivity index (χ1) is 15.5. The van der Waals surface area contributed by atoms with Crippen molar-refractivity contribution in [3.05, 3.63) is 55.7 Å². The van der Waals surface area contributed by atoms with Crippen LogP contribution in [-0.4, -0.2) is 69.4 Å². The number of carbonyl (C=O) groups excluding carboxylic acids is 2. The lowest BCUT2D eigenvalue weighted by atomic mass is 10.0. The Kier molecular flexibility index (Phi) is 7.19. The van der Waals surface area contributed by atoms with Gasteiger partial charge in [0.25, 0.3) is 5.56 Å². The van der Waals surface area contributed by atoms with Crippen LogP contribution in [0.4, 0.5) is 11.5 Å². The Balaban J connectivity index is 1.61. The van der Waals surface area contributed by atoms with Gasteiger partial charge in [0, 0.05) is 46.0 Å². The van der Waals surface area contributed by atoms with E-state index in [9.17, 15) is 19.2 Å². The number of ketones is 1. The van der Waals surface area contributed by atoms with Gasteiger partial charge in [0.15, 0.2) is 5.78 Å². The van der Waals surface area contributed by atoms with Crippen molar-refractivity contribution in [1.82, 2.24) is 18.9 Å². The molecule has 0 radical (unpaired) electrons. The summed E-state index contributed by atoms with van der Waals surface area (Å²) in [5.74, 6) is -0.616. The summed E-state index contributed by atoms with van der Waals surface area (Å²) in [6, 6.07) is 5.23. The molecule has 3 N–H and O–H groups in total. The number of piperazine rings is 1. The number of nitrogen functional groups attached to an aromatic ring is 1. The molecule has 1 unspecified atom stereocenters. The molecule has 2 heterocycles. The van der Waals surface area contributed by atoms with Gasteiger partial charge in [0.2, 0.25) is 5.91 Å². The molecular formula is C23H32N6O4. The predicted octanol–water partition coefficient (Wildman–Crippen LogP) is 0.111. The summed E-state index contributed by atoms with van der Waals surface area (Å²) in [7, 11) is 2.76. The second-order valence-electron chi connectivity index (χ2n) is 8.61. The molecule has 0 bridgehead atoms. The number of hydrogen-bond donors (Lipinski definition) is 2. The first-order valence-corrected chi connectivity index (χ1v) is 10.9. The predicted molar refractivity (Wildman–Crippen MR) is 128 cm³/mol. The third-order valence-electron chi connectivity index (χ3n) is 6.54. The molecule has 1 aliphatic rings. The second-order valence-corrected chi connectivity index (χ2v) is 8.61. The summed E-state index contributed by atoms with van der Waals surface area (Å²) in [6.45, 7) is 8.33. The maximum absolute atomic E-state index is 13.1. The van der Waals surface area contributed by atoms with Gasteiger partial charge < -0.3 is 11.1 Å². The molecular weight excluding hydrogens is 424 g/mol. The van der Waals surface area contributed by atoms with E-state index in [1.54, 1.807) is 6.92 Å². The monoisotopic (exact) mass is 456 g/mol. The molecule has 0 aliphatic carbocycles. The van der Waals surface area contributed by atoms with E-state index in [1.807, 2.05) is 41.8 Å². The lowest BCUT2D eigenvalue weighted by Gasteiger charge is -2.37. The quantitative estimate of drug-likeness (QED) is 0.592. The van der Waals surface area contributed by atoms with Gasteiger partial charge in [0.1, 0.15) is 11.4 Å².